The van der Waals surface area contributed by atoms with E-state index < -0.39 is 10.0 Å². The first-order valence-corrected chi connectivity index (χ1v) is 13.8. The van der Waals surface area contributed by atoms with Crippen molar-refractivity contribution in [2.45, 2.75) is 35.5 Å². The topological polar surface area (TPSA) is 87.7 Å². The summed E-state index contributed by atoms with van der Waals surface area (Å²) in [7, 11) is -1.94. The number of hydrogen-bond donors (Lipinski definition) is 2. The van der Waals surface area contributed by atoms with E-state index in [1.54, 1.807) is 37.1 Å². The van der Waals surface area contributed by atoms with E-state index in [2.05, 4.69) is 27.1 Å². The smallest absolute Gasteiger partial charge is 0.240 e. The number of anilines is 1. The number of piperidine rings is 1. The highest BCUT2D eigenvalue weighted by atomic mass is 32.2. The van der Waals surface area contributed by atoms with Crippen LogP contribution in [0, 0.1) is 5.92 Å². The van der Waals surface area contributed by atoms with E-state index in [-0.39, 0.29) is 10.8 Å². The summed E-state index contributed by atoms with van der Waals surface area (Å²) < 4.78 is 33.8. The maximum Gasteiger partial charge on any atom is 0.240 e. The number of carbonyl (C=O) groups is 1. The van der Waals surface area contributed by atoms with Gasteiger partial charge < -0.3 is 15.0 Å². The molecule has 2 heterocycles. The average molecular weight is 490 g/mol. The summed E-state index contributed by atoms with van der Waals surface area (Å²) in [4.78, 5) is 15.4. The molecule has 9 heteroatoms. The summed E-state index contributed by atoms with van der Waals surface area (Å²) >= 11 is 1.56. The summed E-state index contributed by atoms with van der Waals surface area (Å²) in [5, 5.41) is 2.81. The van der Waals surface area contributed by atoms with Crippen LogP contribution in [-0.2, 0) is 21.2 Å². The third-order valence-electron chi connectivity index (χ3n) is 6.24. The molecule has 2 N–H and O–H groups in total. The highest BCUT2D eigenvalue weighted by Gasteiger charge is 2.23. The van der Waals surface area contributed by atoms with E-state index in [0.717, 1.165) is 49.5 Å². The highest BCUT2D eigenvalue weighted by molar-refractivity contribution is 7.99. The van der Waals surface area contributed by atoms with Crippen LogP contribution in [0.3, 0.4) is 0 Å². The van der Waals surface area contributed by atoms with Gasteiger partial charge in [-0.25, -0.2) is 13.1 Å². The van der Waals surface area contributed by atoms with Crippen LogP contribution in [-0.4, -0.2) is 58.3 Å². The zero-order valence-corrected chi connectivity index (χ0v) is 20.5. The molecule has 2 aliphatic rings. The second-order valence-electron chi connectivity index (χ2n) is 8.54. The van der Waals surface area contributed by atoms with Crippen LogP contribution in [0.2, 0.25) is 0 Å². The van der Waals surface area contributed by atoms with Crippen molar-refractivity contribution in [1.29, 1.82) is 0 Å². The van der Waals surface area contributed by atoms with Crippen molar-refractivity contribution < 1.29 is 17.9 Å². The van der Waals surface area contributed by atoms with E-state index in [1.165, 1.54) is 5.56 Å². The third-order valence-corrected chi connectivity index (χ3v) is 8.74. The molecule has 1 fully saturated rings. The number of ether oxygens (including phenoxy) is 1. The number of rotatable bonds is 8. The molecule has 0 unspecified atom stereocenters. The number of benzene rings is 2. The standard InChI is InChI=1S/C24H31N3O4S2/c1-31-20-4-2-3-18(15-20)7-11-27-12-8-19(9-13-27)17-25-33(29,30)21-5-6-23-22(16-21)26-24(28)10-14-32-23/h2-6,15-16,19,25H,7-14,17H2,1H3,(H,26,28). The van der Waals surface area contributed by atoms with Crippen LogP contribution >= 0.6 is 11.8 Å². The predicted molar refractivity (Wildman–Crippen MR) is 131 cm³/mol. The van der Waals surface area contributed by atoms with Gasteiger partial charge in [0.25, 0.3) is 0 Å². The molecule has 7 nitrogen and oxygen atoms in total. The molecule has 1 saturated heterocycles. The molecule has 178 valence electrons. The molecular weight excluding hydrogens is 458 g/mol. The Labute approximate surface area is 200 Å². The number of methoxy groups -OCH3 is 1. The Morgan fingerprint density at radius 2 is 2.00 bits per heavy atom. The second-order valence-corrected chi connectivity index (χ2v) is 11.4. The monoisotopic (exact) mass is 489 g/mol. The number of fused-ring (bicyclic) bond motifs is 1. The van der Waals surface area contributed by atoms with E-state index >= 15 is 0 Å². The van der Waals surface area contributed by atoms with Gasteiger partial charge in [-0.2, -0.15) is 0 Å². The fourth-order valence-electron chi connectivity index (χ4n) is 4.21. The Morgan fingerprint density at radius 1 is 1.18 bits per heavy atom. The van der Waals surface area contributed by atoms with Crippen molar-refractivity contribution in [2.75, 3.05) is 44.4 Å². The number of hydrogen-bond acceptors (Lipinski definition) is 6. The summed E-state index contributed by atoms with van der Waals surface area (Å²) in [6.45, 7) is 3.37. The van der Waals surface area contributed by atoms with Gasteiger partial charge in [-0.15, -0.1) is 11.8 Å². The Morgan fingerprint density at radius 3 is 2.79 bits per heavy atom. The van der Waals surface area contributed by atoms with Gasteiger partial charge in [0.1, 0.15) is 5.75 Å². The predicted octanol–water partition coefficient (Wildman–Crippen LogP) is 3.36. The molecule has 2 aliphatic heterocycles. The van der Waals surface area contributed by atoms with Gasteiger partial charge in [-0.05, 0) is 74.2 Å². The average Bonchev–Trinajstić information content (AvgIpc) is 3.02. The van der Waals surface area contributed by atoms with Crippen molar-refractivity contribution in [3.63, 3.8) is 0 Å². The molecule has 0 spiro atoms. The Hall–Kier alpha value is -2.07. The van der Waals surface area contributed by atoms with Gasteiger partial charge in [0.2, 0.25) is 15.9 Å². The van der Waals surface area contributed by atoms with Crippen LogP contribution in [0.25, 0.3) is 0 Å². The lowest BCUT2D eigenvalue weighted by molar-refractivity contribution is -0.115. The number of nitrogens with one attached hydrogen (secondary N) is 2. The van der Waals surface area contributed by atoms with Crippen molar-refractivity contribution in [1.82, 2.24) is 9.62 Å². The largest absolute Gasteiger partial charge is 0.497 e. The van der Waals surface area contributed by atoms with Gasteiger partial charge in [-0.1, -0.05) is 12.1 Å². The lowest BCUT2D eigenvalue weighted by Gasteiger charge is -2.32. The Bertz CT molecular complexity index is 1080. The van der Waals surface area contributed by atoms with Crippen LogP contribution in [0.1, 0.15) is 24.8 Å². The van der Waals surface area contributed by atoms with Crippen molar-refractivity contribution >= 4 is 33.4 Å². The molecule has 1 amide bonds. The molecular formula is C24H31N3O4S2. The normalized spacial score (nSPS) is 17.8. The molecule has 4 rings (SSSR count). The highest BCUT2D eigenvalue weighted by Crippen LogP contribution is 2.32. The number of sulfonamides is 1. The van der Waals surface area contributed by atoms with Gasteiger partial charge >= 0.3 is 0 Å². The van der Waals surface area contributed by atoms with Gasteiger partial charge in [-0.3, -0.25) is 4.79 Å². The molecule has 33 heavy (non-hydrogen) atoms. The first kappa shape index (κ1) is 24.1. The number of thioether (sulfide) groups is 1. The molecule has 0 atom stereocenters. The summed E-state index contributed by atoms with van der Waals surface area (Å²) in [6, 6.07) is 13.1. The summed E-state index contributed by atoms with van der Waals surface area (Å²) in [5.41, 5.74) is 1.84. The van der Waals surface area contributed by atoms with Gasteiger partial charge in [0.15, 0.2) is 0 Å². The maximum atomic E-state index is 12.9. The quantitative estimate of drug-likeness (QED) is 0.591. The molecule has 0 saturated carbocycles. The second kappa shape index (κ2) is 10.9. The number of amides is 1. The molecule has 0 radical (unpaired) electrons. The van der Waals surface area contributed by atoms with Gasteiger partial charge in [0.05, 0.1) is 17.7 Å². The Kier molecular flexibility index (Phi) is 7.95. The van der Waals surface area contributed by atoms with Gasteiger partial charge in [0, 0.05) is 30.2 Å². The fraction of sp³-hybridized carbons (Fsp3) is 0.458. The zero-order valence-electron chi connectivity index (χ0n) is 18.9. The van der Waals surface area contributed by atoms with Crippen molar-refractivity contribution in [2.24, 2.45) is 5.92 Å². The summed E-state index contributed by atoms with van der Waals surface area (Å²) in [6.07, 6.45) is 3.34. The lowest BCUT2D eigenvalue weighted by atomic mass is 9.97. The van der Waals surface area contributed by atoms with Crippen LogP contribution < -0.4 is 14.8 Å². The fourth-order valence-corrected chi connectivity index (χ4v) is 6.29. The number of likely N-dealkylation sites (tertiary alicyclic amines) is 1. The maximum absolute atomic E-state index is 12.9. The number of nitrogens with zero attached hydrogens (tertiary/aromatic N) is 1. The number of carbonyl (C=O) groups excluding carboxylic acids is 1. The van der Waals surface area contributed by atoms with E-state index in [4.69, 9.17) is 4.74 Å². The van der Waals surface area contributed by atoms with E-state index in [1.807, 2.05) is 12.1 Å². The minimum Gasteiger partial charge on any atom is -0.497 e. The van der Waals surface area contributed by atoms with Crippen LogP contribution in [0.15, 0.2) is 52.3 Å². The molecule has 2 aromatic rings. The minimum atomic E-state index is -3.62. The SMILES string of the molecule is COc1cccc(CCN2CCC(CNS(=O)(=O)c3ccc4c(c3)NC(=O)CCS4)CC2)c1. The zero-order chi connectivity index (χ0) is 23.3. The van der Waals surface area contributed by atoms with Crippen LogP contribution in [0.5, 0.6) is 5.75 Å². The minimum absolute atomic E-state index is 0.0816. The molecule has 0 bridgehead atoms. The molecule has 2 aromatic carbocycles. The third kappa shape index (κ3) is 6.50. The first-order chi connectivity index (χ1) is 15.9. The van der Waals surface area contributed by atoms with E-state index in [9.17, 15) is 13.2 Å². The molecule has 0 aromatic heterocycles. The van der Waals surface area contributed by atoms with Crippen molar-refractivity contribution in [3.05, 3.63) is 48.0 Å². The lowest BCUT2D eigenvalue weighted by Crippen LogP contribution is -2.39. The Balaban J connectivity index is 1.25. The molecule has 0 aliphatic carbocycles. The first-order valence-electron chi connectivity index (χ1n) is 11.3. The van der Waals surface area contributed by atoms with Crippen molar-refractivity contribution in [3.8, 4) is 5.75 Å². The summed E-state index contributed by atoms with van der Waals surface area (Å²) in [5.74, 6) is 1.82. The van der Waals surface area contributed by atoms with E-state index in [0.29, 0.717) is 30.3 Å². The van der Waals surface area contributed by atoms with Crippen LogP contribution in [0.4, 0.5) is 5.69 Å².